The lowest BCUT2D eigenvalue weighted by molar-refractivity contribution is 0.866. The van der Waals surface area contributed by atoms with Crippen LogP contribution >= 0.6 is 0 Å². The van der Waals surface area contributed by atoms with Crippen LogP contribution in [-0.2, 0) is 0 Å². The van der Waals surface area contributed by atoms with Crippen LogP contribution in [0, 0.1) is 6.92 Å². The maximum atomic E-state index is 5.36. The van der Waals surface area contributed by atoms with Gasteiger partial charge in [0.15, 0.2) is 0 Å². The van der Waals surface area contributed by atoms with E-state index in [0.29, 0.717) is 5.92 Å². The van der Waals surface area contributed by atoms with Crippen molar-refractivity contribution in [3.05, 3.63) is 65.7 Å². The second kappa shape index (κ2) is 6.74. The van der Waals surface area contributed by atoms with Gasteiger partial charge in [-0.3, -0.25) is 0 Å². The molecule has 2 aromatic carbocycles. The fraction of sp³-hybridized carbons (Fsp3) is 0.250. The number of anilines is 1. The van der Waals surface area contributed by atoms with Crippen LogP contribution in [0.25, 0.3) is 0 Å². The lowest BCUT2D eigenvalue weighted by atomic mass is 10.0. The highest BCUT2D eigenvalue weighted by molar-refractivity contribution is 5.35. The van der Waals surface area contributed by atoms with E-state index < -0.39 is 0 Å². The Morgan fingerprint density at radius 2 is 1.35 bits per heavy atom. The molecule has 90 valence electrons. The molecular formula is C16H21N. The Hall–Kier alpha value is -1.76. The molecule has 0 radical (unpaired) electrons. The lowest BCUT2D eigenvalue weighted by Gasteiger charge is -2.03. The molecule has 0 aromatic heterocycles. The molecule has 0 bridgehead atoms. The normalized spacial score (nSPS) is 9.65. The van der Waals surface area contributed by atoms with Crippen LogP contribution in [0.5, 0.6) is 0 Å². The number of nitrogen functional groups attached to an aromatic ring is 1. The fourth-order valence-corrected chi connectivity index (χ4v) is 1.40. The molecule has 0 aliphatic carbocycles. The number of para-hydroxylation sites is 1. The van der Waals surface area contributed by atoms with Gasteiger partial charge in [0.2, 0.25) is 0 Å². The number of aryl methyl sites for hydroxylation is 1. The molecule has 0 amide bonds. The van der Waals surface area contributed by atoms with Crippen molar-refractivity contribution in [1.29, 1.82) is 0 Å². The van der Waals surface area contributed by atoms with E-state index in [1.165, 1.54) is 11.1 Å². The summed E-state index contributed by atoms with van der Waals surface area (Å²) in [6.45, 7) is 6.54. The largest absolute Gasteiger partial charge is 0.399 e. The zero-order chi connectivity index (χ0) is 12.7. The van der Waals surface area contributed by atoms with E-state index in [1.54, 1.807) is 0 Å². The zero-order valence-electron chi connectivity index (χ0n) is 10.9. The van der Waals surface area contributed by atoms with Crippen molar-refractivity contribution >= 4 is 5.69 Å². The Morgan fingerprint density at radius 1 is 0.824 bits per heavy atom. The molecule has 17 heavy (non-hydrogen) atoms. The van der Waals surface area contributed by atoms with Crippen molar-refractivity contribution in [1.82, 2.24) is 0 Å². The molecule has 0 heterocycles. The van der Waals surface area contributed by atoms with Crippen molar-refractivity contribution in [2.24, 2.45) is 0 Å². The smallest absolute Gasteiger partial charge is 0.0313 e. The van der Waals surface area contributed by atoms with Crippen molar-refractivity contribution in [3.63, 3.8) is 0 Å². The number of rotatable bonds is 1. The van der Waals surface area contributed by atoms with Gasteiger partial charge in [-0.1, -0.05) is 61.9 Å². The zero-order valence-corrected chi connectivity index (χ0v) is 10.9. The molecule has 2 N–H and O–H groups in total. The monoisotopic (exact) mass is 227 g/mol. The first kappa shape index (κ1) is 13.3. The van der Waals surface area contributed by atoms with Crippen molar-refractivity contribution in [2.45, 2.75) is 26.7 Å². The molecule has 0 saturated carbocycles. The Kier molecular flexibility index (Phi) is 5.28. The van der Waals surface area contributed by atoms with E-state index in [-0.39, 0.29) is 0 Å². The second-order valence-electron chi connectivity index (χ2n) is 4.48. The predicted molar refractivity (Wildman–Crippen MR) is 76.1 cm³/mol. The molecule has 2 rings (SSSR count). The van der Waals surface area contributed by atoms with Gasteiger partial charge in [-0.25, -0.2) is 0 Å². The van der Waals surface area contributed by atoms with E-state index in [4.69, 9.17) is 5.73 Å². The molecule has 0 aliphatic rings. The van der Waals surface area contributed by atoms with Gasteiger partial charge in [0, 0.05) is 5.69 Å². The quantitative estimate of drug-likeness (QED) is 0.718. The predicted octanol–water partition coefficient (Wildman–Crippen LogP) is 4.39. The van der Waals surface area contributed by atoms with E-state index in [0.717, 1.165) is 5.69 Å². The van der Waals surface area contributed by atoms with E-state index in [1.807, 2.05) is 30.3 Å². The van der Waals surface area contributed by atoms with Gasteiger partial charge >= 0.3 is 0 Å². The molecule has 2 aromatic rings. The van der Waals surface area contributed by atoms with Gasteiger partial charge in [0.1, 0.15) is 0 Å². The summed E-state index contributed by atoms with van der Waals surface area (Å²) in [7, 11) is 0. The van der Waals surface area contributed by atoms with Crippen LogP contribution in [0.1, 0.15) is 30.9 Å². The summed E-state index contributed by atoms with van der Waals surface area (Å²) in [5, 5.41) is 0. The molecule has 0 atom stereocenters. The van der Waals surface area contributed by atoms with Gasteiger partial charge in [-0.05, 0) is 30.5 Å². The maximum absolute atomic E-state index is 5.36. The number of hydrogen-bond acceptors (Lipinski definition) is 1. The Morgan fingerprint density at radius 3 is 1.71 bits per heavy atom. The third kappa shape index (κ3) is 5.21. The lowest BCUT2D eigenvalue weighted by Crippen LogP contribution is -1.85. The average molecular weight is 227 g/mol. The Balaban J connectivity index is 0.000000181. The standard InChI is InChI=1S/C10H14.C6H7N/c1-8(2)10-6-4-9(3)5-7-10;7-6-4-2-1-3-5-6/h4-8H,1-3H3;1-5H,7H2. The summed E-state index contributed by atoms with van der Waals surface area (Å²) in [6, 6.07) is 18.2. The third-order valence-corrected chi connectivity index (χ3v) is 2.54. The summed E-state index contributed by atoms with van der Waals surface area (Å²) in [4.78, 5) is 0. The first-order valence-electron chi connectivity index (χ1n) is 5.96. The van der Waals surface area contributed by atoms with Crippen molar-refractivity contribution in [2.75, 3.05) is 5.73 Å². The summed E-state index contributed by atoms with van der Waals surface area (Å²) in [5.74, 6) is 0.653. The summed E-state index contributed by atoms with van der Waals surface area (Å²) < 4.78 is 0. The minimum Gasteiger partial charge on any atom is -0.399 e. The number of nitrogens with two attached hydrogens (primary N) is 1. The van der Waals surface area contributed by atoms with Crippen LogP contribution < -0.4 is 5.73 Å². The Bertz CT molecular complexity index is 415. The van der Waals surface area contributed by atoms with E-state index in [9.17, 15) is 0 Å². The van der Waals surface area contributed by atoms with Gasteiger partial charge in [0.05, 0.1) is 0 Å². The molecule has 0 aliphatic heterocycles. The molecule has 1 nitrogen and oxygen atoms in total. The highest BCUT2D eigenvalue weighted by Crippen LogP contribution is 2.13. The van der Waals surface area contributed by atoms with Gasteiger partial charge in [-0.2, -0.15) is 0 Å². The molecule has 0 unspecified atom stereocenters. The van der Waals surface area contributed by atoms with Crippen molar-refractivity contribution in [3.8, 4) is 0 Å². The minimum atomic E-state index is 0.653. The van der Waals surface area contributed by atoms with Gasteiger partial charge in [-0.15, -0.1) is 0 Å². The highest BCUT2D eigenvalue weighted by atomic mass is 14.5. The number of hydrogen-bond donors (Lipinski definition) is 1. The molecule has 0 saturated heterocycles. The molecule has 1 heteroatoms. The minimum absolute atomic E-state index is 0.653. The molecule has 0 spiro atoms. The fourth-order valence-electron chi connectivity index (χ4n) is 1.40. The summed E-state index contributed by atoms with van der Waals surface area (Å²) in [6.07, 6.45) is 0. The molecule has 0 fully saturated rings. The average Bonchev–Trinajstić information content (AvgIpc) is 2.31. The summed E-state index contributed by atoms with van der Waals surface area (Å²) >= 11 is 0. The first-order valence-corrected chi connectivity index (χ1v) is 5.96. The third-order valence-electron chi connectivity index (χ3n) is 2.54. The molecular weight excluding hydrogens is 206 g/mol. The van der Waals surface area contributed by atoms with Crippen LogP contribution in [-0.4, -0.2) is 0 Å². The van der Waals surface area contributed by atoms with Crippen molar-refractivity contribution < 1.29 is 0 Å². The van der Waals surface area contributed by atoms with Crippen LogP contribution in [0.3, 0.4) is 0 Å². The summed E-state index contributed by atoms with van der Waals surface area (Å²) in [5.41, 5.74) is 8.94. The van der Waals surface area contributed by atoms with Gasteiger partial charge < -0.3 is 5.73 Å². The van der Waals surface area contributed by atoms with Crippen LogP contribution in [0.15, 0.2) is 54.6 Å². The van der Waals surface area contributed by atoms with E-state index >= 15 is 0 Å². The Labute approximate surface area is 104 Å². The van der Waals surface area contributed by atoms with Crippen LogP contribution in [0.2, 0.25) is 0 Å². The topological polar surface area (TPSA) is 26.0 Å². The van der Waals surface area contributed by atoms with E-state index in [2.05, 4.69) is 45.0 Å². The maximum Gasteiger partial charge on any atom is 0.0313 e. The van der Waals surface area contributed by atoms with Gasteiger partial charge in [0.25, 0.3) is 0 Å². The first-order chi connectivity index (χ1) is 8.09. The second-order valence-corrected chi connectivity index (χ2v) is 4.48. The number of benzene rings is 2. The SMILES string of the molecule is Cc1ccc(C(C)C)cc1.Nc1ccccc1. The highest BCUT2D eigenvalue weighted by Gasteiger charge is 1.95. The van der Waals surface area contributed by atoms with Crippen LogP contribution in [0.4, 0.5) is 5.69 Å².